The first-order valence-corrected chi connectivity index (χ1v) is 10.5. The molecule has 1 saturated heterocycles. The third kappa shape index (κ3) is 6.34. The Hall–Kier alpha value is -2.31. The summed E-state index contributed by atoms with van der Waals surface area (Å²) in [5.41, 5.74) is 2.29. The van der Waals surface area contributed by atoms with Crippen molar-refractivity contribution in [1.82, 2.24) is 15.6 Å². The van der Waals surface area contributed by atoms with Gasteiger partial charge in [0, 0.05) is 30.9 Å². The molecule has 0 saturated carbocycles. The molecule has 1 aliphatic rings. The van der Waals surface area contributed by atoms with E-state index in [1.54, 1.807) is 0 Å². The Bertz CT molecular complexity index is 811. The van der Waals surface area contributed by atoms with Crippen LogP contribution in [0.2, 0.25) is 5.02 Å². The molecule has 0 aliphatic carbocycles. The highest BCUT2D eigenvalue weighted by Crippen LogP contribution is 2.18. The summed E-state index contributed by atoms with van der Waals surface area (Å²) >= 11 is 5.99. The number of nitrogens with zero attached hydrogens (tertiary/aromatic N) is 3. The second kappa shape index (κ2) is 10.5. The number of guanidine groups is 1. The van der Waals surface area contributed by atoms with Gasteiger partial charge in [-0.1, -0.05) is 23.7 Å². The van der Waals surface area contributed by atoms with Gasteiger partial charge in [0.1, 0.15) is 5.82 Å². The fourth-order valence-electron chi connectivity index (χ4n) is 3.29. The standard InChI is InChI=1S/C22H30ClN5O/c1-4-24-22(27-17(3)19-5-7-20(23)8-6-19)26-14-18-9-10-25-21(13-18)28-11-12-29-16(2)15-28/h5-10,13,16-17H,4,11-12,14-15H2,1-3H3,(H2,24,26,27). The maximum Gasteiger partial charge on any atom is 0.192 e. The molecular weight excluding hydrogens is 386 g/mol. The third-order valence-electron chi connectivity index (χ3n) is 4.86. The van der Waals surface area contributed by atoms with Crippen LogP contribution in [0, 0.1) is 0 Å². The summed E-state index contributed by atoms with van der Waals surface area (Å²) in [4.78, 5) is 11.6. The molecule has 1 fully saturated rings. The highest BCUT2D eigenvalue weighted by atomic mass is 35.5. The van der Waals surface area contributed by atoms with Gasteiger partial charge in [0.2, 0.25) is 0 Å². The molecule has 2 unspecified atom stereocenters. The van der Waals surface area contributed by atoms with Crippen LogP contribution >= 0.6 is 11.6 Å². The van der Waals surface area contributed by atoms with Gasteiger partial charge in [0.05, 0.1) is 25.3 Å². The average Bonchev–Trinajstić information content (AvgIpc) is 2.73. The molecule has 2 N–H and O–H groups in total. The number of halogens is 1. The summed E-state index contributed by atoms with van der Waals surface area (Å²) in [7, 11) is 0. The van der Waals surface area contributed by atoms with Crippen molar-refractivity contribution >= 4 is 23.4 Å². The number of nitrogens with one attached hydrogen (secondary N) is 2. The zero-order valence-corrected chi connectivity index (χ0v) is 18.1. The molecule has 29 heavy (non-hydrogen) atoms. The number of benzene rings is 1. The molecule has 3 rings (SSSR count). The molecule has 2 atom stereocenters. The number of pyridine rings is 1. The Morgan fingerprint density at radius 1 is 1.34 bits per heavy atom. The normalized spacial score (nSPS) is 18.4. The van der Waals surface area contributed by atoms with Crippen LogP contribution in [0.3, 0.4) is 0 Å². The predicted molar refractivity (Wildman–Crippen MR) is 120 cm³/mol. The van der Waals surface area contributed by atoms with E-state index in [0.29, 0.717) is 6.54 Å². The Kier molecular flexibility index (Phi) is 7.72. The fourth-order valence-corrected chi connectivity index (χ4v) is 3.41. The molecule has 6 nitrogen and oxygen atoms in total. The Balaban J connectivity index is 1.66. The fraction of sp³-hybridized carbons (Fsp3) is 0.455. The molecule has 0 amide bonds. The first-order chi connectivity index (χ1) is 14.0. The van der Waals surface area contributed by atoms with Crippen LogP contribution < -0.4 is 15.5 Å². The zero-order chi connectivity index (χ0) is 20.6. The number of anilines is 1. The molecule has 2 heterocycles. The van der Waals surface area contributed by atoms with Crippen molar-refractivity contribution < 1.29 is 4.74 Å². The lowest BCUT2D eigenvalue weighted by Gasteiger charge is -2.32. The molecular formula is C22H30ClN5O. The molecule has 0 radical (unpaired) electrons. The van der Waals surface area contributed by atoms with Crippen LogP contribution in [-0.2, 0) is 11.3 Å². The van der Waals surface area contributed by atoms with E-state index in [9.17, 15) is 0 Å². The van der Waals surface area contributed by atoms with Crippen molar-refractivity contribution in [2.45, 2.75) is 39.5 Å². The van der Waals surface area contributed by atoms with Gasteiger partial charge in [0.15, 0.2) is 5.96 Å². The third-order valence-corrected chi connectivity index (χ3v) is 5.11. The van der Waals surface area contributed by atoms with Crippen molar-refractivity contribution in [2.75, 3.05) is 31.1 Å². The van der Waals surface area contributed by atoms with Gasteiger partial charge in [0.25, 0.3) is 0 Å². The lowest BCUT2D eigenvalue weighted by molar-refractivity contribution is 0.0529. The van der Waals surface area contributed by atoms with Crippen LogP contribution in [0.5, 0.6) is 0 Å². The van der Waals surface area contributed by atoms with E-state index >= 15 is 0 Å². The van der Waals surface area contributed by atoms with Crippen molar-refractivity contribution in [3.63, 3.8) is 0 Å². The smallest absolute Gasteiger partial charge is 0.192 e. The molecule has 156 valence electrons. The number of morpholine rings is 1. The van der Waals surface area contributed by atoms with E-state index in [0.717, 1.165) is 54.2 Å². The molecule has 1 aromatic carbocycles. The lowest BCUT2D eigenvalue weighted by Crippen LogP contribution is -2.41. The summed E-state index contributed by atoms with van der Waals surface area (Å²) < 4.78 is 5.63. The van der Waals surface area contributed by atoms with Gasteiger partial charge in [-0.2, -0.15) is 0 Å². The highest BCUT2D eigenvalue weighted by Gasteiger charge is 2.18. The Morgan fingerprint density at radius 2 is 2.14 bits per heavy atom. The molecule has 7 heteroatoms. The van der Waals surface area contributed by atoms with E-state index in [4.69, 9.17) is 21.3 Å². The van der Waals surface area contributed by atoms with Crippen molar-refractivity contribution in [2.24, 2.45) is 4.99 Å². The first-order valence-electron chi connectivity index (χ1n) is 10.2. The van der Waals surface area contributed by atoms with E-state index in [2.05, 4.69) is 47.4 Å². The minimum absolute atomic E-state index is 0.118. The van der Waals surface area contributed by atoms with Crippen LogP contribution in [0.15, 0.2) is 47.6 Å². The predicted octanol–water partition coefficient (Wildman–Crippen LogP) is 3.78. The van der Waals surface area contributed by atoms with Crippen LogP contribution in [0.25, 0.3) is 0 Å². The summed E-state index contributed by atoms with van der Waals surface area (Å²) in [6.45, 7) is 10.1. The minimum atomic E-state index is 0.118. The topological polar surface area (TPSA) is 61.8 Å². The second-order valence-corrected chi connectivity index (χ2v) is 7.70. The first kappa shape index (κ1) is 21.4. The number of aromatic nitrogens is 1. The van der Waals surface area contributed by atoms with Gasteiger partial charge < -0.3 is 20.3 Å². The van der Waals surface area contributed by atoms with E-state index in [1.807, 2.05) is 36.5 Å². The van der Waals surface area contributed by atoms with Gasteiger partial charge in [-0.3, -0.25) is 0 Å². The van der Waals surface area contributed by atoms with Gasteiger partial charge >= 0.3 is 0 Å². The van der Waals surface area contributed by atoms with Crippen molar-refractivity contribution in [3.8, 4) is 0 Å². The van der Waals surface area contributed by atoms with E-state index in [1.165, 1.54) is 0 Å². The zero-order valence-electron chi connectivity index (χ0n) is 17.4. The summed E-state index contributed by atoms with van der Waals surface area (Å²) in [6, 6.07) is 12.1. The molecule has 2 aromatic rings. The maximum absolute atomic E-state index is 5.99. The maximum atomic E-state index is 5.99. The monoisotopic (exact) mass is 415 g/mol. The van der Waals surface area contributed by atoms with Gasteiger partial charge in [-0.05, 0) is 56.2 Å². The number of rotatable bonds is 6. The Morgan fingerprint density at radius 3 is 2.86 bits per heavy atom. The van der Waals surface area contributed by atoms with Crippen molar-refractivity contribution in [1.29, 1.82) is 0 Å². The summed E-state index contributed by atoms with van der Waals surface area (Å²) in [5.74, 6) is 1.77. The minimum Gasteiger partial charge on any atom is -0.375 e. The van der Waals surface area contributed by atoms with E-state index < -0.39 is 0 Å². The molecule has 1 aromatic heterocycles. The highest BCUT2D eigenvalue weighted by molar-refractivity contribution is 6.30. The number of aliphatic imine (C=N–C) groups is 1. The quantitative estimate of drug-likeness (QED) is 0.555. The van der Waals surface area contributed by atoms with Crippen LogP contribution in [0.4, 0.5) is 5.82 Å². The average molecular weight is 416 g/mol. The largest absolute Gasteiger partial charge is 0.375 e. The van der Waals surface area contributed by atoms with Gasteiger partial charge in [-0.25, -0.2) is 9.98 Å². The number of hydrogen-bond acceptors (Lipinski definition) is 4. The van der Waals surface area contributed by atoms with Gasteiger partial charge in [-0.15, -0.1) is 0 Å². The van der Waals surface area contributed by atoms with Crippen LogP contribution in [0.1, 0.15) is 37.9 Å². The van der Waals surface area contributed by atoms with E-state index in [-0.39, 0.29) is 12.1 Å². The molecule has 0 spiro atoms. The SMILES string of the molecule is CCNC(=NCc1ccnc(N2CCOC(C)C2)c1)NC(C)c1ccc(Cl)cc1. The van der Waals surface area contributed by atoms with Crippen molar-refractivity contribution in [3.05, 3.63) is 58.7 Å². The Labute approximate surface area is 178 Å². The second-order valence-electron chi connectivity index (χ2n) is 7.26. The number of hydrogen-bond donors (Lipinski definition) is 2. The molecule has 0 bridgehead atoms. The summed E-state index contributed by atoms with van der Waals surface area (Å²) in [5, 5.41) is 7.52. The lowest BCUT2D eigenvalue weighted by atomic mass is 10.1. The molecule has 1 aliphatic heterocycles. The summed E-state index contributed by atoms with van der Waals surface area (Å²) in [6.07, 6.45) is 2.09. The van der Waals surface area contributed by atoms with Crippen LogP contribution in [-0.4, -0.2) is 43.3 Å². The number of ether oxygens (including phenoxy) is 1.